The van der Waals surface area contributed by atoms with Gasteiger partial charge in [-0.2, -0.15) is 0 Å². The first kappa shape index (κ1) is 16.3. The van der Waals surface area contributed by atoms with Gasteiger partial charge in [-0.15, -0.1) is 0 Å². The van der Waals surface area contributed by atoms with E-state index in [4.69, 9.17) is 0 Å². The Bertz CT molecular complexity index is 867. The summed E-state index contributed by atoms with van der Waals surface area (Å²) < 4.78 is 26.5. The van der Waals surface area contributed by atoms with Crippen molar-refractivity contribution in [2.45, 2.75) is 6.42 Å². The van der Waals surface area contributed by atoms with Gasteiger partial charge in [-0.25, -0.2) is 8.42 Å². The van der Waals surface area contributed by atoms with Crippen LogP contribution in [0.15, 0.2) is 48.5 Å². The van der Waals surface area contributed by atoms with Crippen LogP contribution < -0.4 is 9.62 Å². The van der Waals surface area contributed by atoms with Gasteiger partial charge in [-0.3, -0.25) is 14.4 Å². The first-order valence-electron chi connectivity index (χ1n) is 7.54. The molecule has 0 aliphatic carbocycles. The number of sulfonamides is 1. The second-order valence-electron chi connectivity index (χ2n) is 5.47. The van der Waals surface area contributed by atoms with Crippen LogP contribution in [0.2, 0.25) is 0 Å². The molecule has 0 spiro atoms. The molecule has 1 N–H and O–H groups in total. The summed E-state index contributed by atoms with van der Waals surface area (Å²) in [5, 5.41) is 13.8. The highest BCUT2D eigenvalue weighted by Crippen LogP contribution is 2.30. The zero-order valence-corrected chi connectivity index (χ0v) is 13.7. The standard InChI is InChI=1S/C16H17N3O4S/c20-19(21)16-8-4-2-6-14(16)17-10-12-24(22,23)18-11-9-13-5-1-3-7-15(13)18/h1-8,17H,9-12H2. The Balaban J connectivity index is 1.68. The topological polar surface area (TPSA) is 92.5 Å². The molecule has 3 rings (SSSR count). The molecule has 0 saturated carbocycles. The third kappa shape index (κ3) is 3.18. The molecule has 0 unspecified atom stereocenters. The Morgan fingerprint density at radius 1 is 1.12 bits per heavy atom. The van der Waals surface area contributed by atoms with Gasteiger partial charge in [0.15, 0.2) is 0 Å². The van der Waals surface area contributed by atoms with Gasteiger partial charge < -0.3 is 5.32 Å². The third-order valence-electron chi connectivity index (χ3n) is 3.96. The fourth-order valence-corrected chi connectivity index (χ4v) is 4.23. The molecule has 0 bridgehead atoms. The molecular formula is C16H17N3O4S. The van der Waals surface area contributed by atoms with E-state index < -0.39 is 14.9 Å². The molecule has 7 nitrogen and oxygen atoms in total. The maximum atomic E-state index is 12.6. The number of nitrogens with one attached hydrogen (secondary N) is 1. The van der Waals surface area contributed by atoms with Crippen LogP contribution in [0.4, 0.5) is 17.1 Å². The molecule has 2 aromatic rings. The molecule has 0 amide bonds. The predicted octanol–water partition coefficient (Wildman–Crippen LogP) is 2.40. The van der Waals surface area contributed by atoms with E-state index in [0.717, 1.165) is 11.3 Å². The summed E-state index contributed by atoms with van der Waals surface area (Å²) in [6.45, 7) is 0.541. The molecule has 0 radical (unpaired) electrons. The van der Waals surface area contributed by atoms with Crippen molar-refractivity contribution < 1.29 is 13.3 Å². The summed E-state index contributed by atoms with van der Waals surface area (Å²) in [4.78, 5) is 10.5. The zero-order valence-electron chi connectivity index (χ0n) is 12.9. The first-order chi connectivity index (χ1) is 11.5. The number of hydrogen-bond donors (Lipinski definition) is 1. The molecule has 1 aliphatic heterocycles. The van der Waals surface area contributed by atoms with Gasteiger partial charge >= 0.3 is 0 Å². The fourth-order valence-electron chi connectivity index (χ4n) is 2.80. The lowest BCUT2D eigenvalue weighted by Crippen LogP contribution is -2.33. The van der Waals surface area contributed by atoms with Gasteiger partial charge in [0.2, 0.25) is 10.0 Å². The minimum absolute atomic E-state index is 0.0681. The van der Waals surface area contributed by atoms with E-state index >= 15 is 0 Å². The van der Waals surface area contributed by atoms with Crippen molar-refractivity contribution >= 4 is 27.1 Å². The largest absolute Gasteiger partial charge is 0.378 e. The lowest BCUT2D eigenvalue weighted by Gasteiger charge is -2.19. The molecule has 1 aliphatic rings. The van der Waals surface area contributed by atoms with E-state index in [1.54, 1.807) is 24.3 Å². The summed E-state index contributed by atoms with van der Waals surface area (Å²) in [5.41, 5.74) is 2.00. The smallest absolute Gasteiger partial charge is 0.292 e. The number of anilines is 2. The van der Waals surface area contributed by atoms with Gasteiger partial charge in [0.1, 0.15) is 5.69 Å². The van der Waals surface area contributed by atoms with Crippen LogP contribution in [-0.2, 0) is 16.4 Å². The number of rotatable bonds is 6. The van der Waals surface area contributed by atoms with Crippen molar-refractivity contribution in [1.82, 2.24) is 0 Å². The maximum absolute atomic E-state index is 12.6. The molecule has 0 fully saturated rings. The molecule has 0 atom stereocenters. The second kappa shape index (κ2) is 6.48. The van der Waals surface area contributed by atoms with Crippen LogP contribution >= 0.6 is 0 Å². The Labute approximate surface area is 140 Å². The lowest BCUT2D eigenvalue weighted by atomic mass is 10.2. The molecule has 126 valence electrons. The van der Waals surface area contributed by atoms with E-state index in [0.29, 0.717) is 18.7 Å². The van der Waals surface area contributed by atoms with Crippen molar-refractivity contribution in [2.75, 3.05) is 28.5 Å². The average Bonchev–Trinajstić information content (AvgIpc) is 3.00. The number of hydrogen-bond acceptors (Lipinski definition) is 5. The van der Waals surface area contributed by atoms with E-state index in [1.165, 1.54) is 10.4 Å². The van der Waals surface area contributed by atoms with Gasteiger partial charge in [-0.1, -0.05) is 30.3 Å². The molecule has 24 heavy (non-hydrogen) atoms. The molecule has 0 aromatic heterocycles. The van der Waals surface area contributed by atoms with Crippen LogP contribution in [-0.4, -0.2) is 32.2 Å². The van der Waals surface area contributed by atoms with Crippen LogP contribution in [0.1, 0.15) is 5.56 Å². The fraction of sp³-hybridized carbons (Fsp3) is 0.250. The monoisotopic (exact) mass is 347 g/mol. The van der Waals surface area contributed by atoms with Crippen LogP contribution in [0.3, 0.4) is 0 Å². The highest BCUT2D eigenvalue weighted by Gasteiger charge is 2.28. The van der Waals surface area contributed by atoms with Gasteiger partial charge in [0, 0.05) is 19.2 Å². The highest BCUT2D eigenvalue weighted by molar-refractivity contribution is 7.92. The summed E-state index contributed by atoms with van der Waals surface area (Å²) in [7, 11) is -3.48. The summed E-state index contributed by atoms with van der Waals surface area (Å²) in [6, 6.07) is 13.6. The number of fused-ring (bicyclic) bond motifs is 1. The number of nitro groups is 1. The summed E-state index contributed by atoms with van der Waals surface area (Å²) >= 11 is 0. The summed E-state index contributed by atoms with van der Waals surface area (Å²) in [6.07, 6.45) is 0.701. The van der Waals surface area contributed by atoms with Crippen molar-refractivity contribution in [1.29, 1.82) is 0 Å². The molecule has 8 heteroatoms. The van der Waals surface area contributed by atoms with Gasteiger partial charge in [0.25, 0.3) is 5.69 Å². The van der Waals surface area contributed by atoms with Crippen LogP contribution in [0, 0.1) is 10.1 Å². The van der Waals surface area contributed by atoms with E-state index in [-0.39, 0.29) is 18.0 Å². The molecule has 2 aromatic carbocycles. The lowest BCUT2D eigenvalue weighted by molar-refractivity contribution is -0.384. The average molecular weight is 347 g/mol. The van der Waals surface area contributed by atoms with Gasteiger partial charge in [-0.05, 0) is 24.1 Å². The minimum Gasteiger partial charge on any atom is -0.378 e. The van der Waals surface area contributed by atoms with Crippen molar-refractivity contribution in [3.05, 3.63) is 64.2 Å². The second-order valence-corrected chi connectivity index (χ2v) is 7.48. The van der Waals surface area contributed by atoms with E-state index in [2.05, 4.69) is 5.32 Å². The quantitative estimate of drug-likeness (QED) is 0.640. The minimum atomic E-state index is -3.48. The number of benzene rings is 2. The third-order valence-corrected chi connectivity index (χ3v) is 5.73. The molecule has 0 saturated heterocycles. The Morgan fingerprint density at radius 2 is 1.83 bits per heavy atom. The number of nitro benzene ring substituents is 1. The summed E-state index contributed by atoms with van der Waals surface area (Å²) in [5.74, 6) is -0.132. The SMILES string of the molecule is O=[N+]([O-])c1ccccc1NCCS(=O)(=O)N1CCc2ccccc21. The predicted molar refractivity (Wildman–Crippen MR) is 92.9 cm³/mol. The maximum Gasteiger partial charge on any atom is 0.292 e. The van der Waals surface area contributed by atoms with Crippen LogP contribution in [0.25, 0.3) is 0 Å². The van der Waals surface area contributed by atoms with Crippen LogP contribution in [0.5, 0.6) is 0 Å². The Hall–Kier alpha value is -2.61. The number of para-hydroxylation sites is 3. The number of nitrogens with zero attached hydrogens (tertiary/aromatic N) is 2. The van der Waals surface area contributed by atoms with Crippen molar-refractivity contribution in [3.8, 4) is 0 Å². The van der Waals surface area contributed by atoms with Gasteiger partial charge in [0.05, 0.1) is 16.4 Å². The van der Waals surface area contributed by atoms with E-state index in [9.17, 15) is 18.5 Å². The molecular weight excluding hydrogens is 330 g/mol. The Morgan fingerprint density at radius 3 is 2.62 bits per heavy atom. The molecule has 1 heterocycles. The Kier molecular flexibility index (Phi) is 4.39. The highest BCUT2D eigenvalue weighted by atomic mass is 32.2. The van der Waals surface area contributed by atoms with E-state index in [1.807, 2.05) is 18.2 Å². The zero-order chi connectivity index (χ0) is 17.2. The normalized spacial score (nSPS) is 13.6. The van der Waals surface area contributed by atoms with Crippen molar-refractivity contribution in [3.63, 3.8) is 0 Å². The first-order valence-corrected chi connectivity index (χ1v) is 9.15. The van der Waals surface area contributed by atoms with Crippen molar-refractivity contribution in [2.24, 2.45) is 0 Å².